The second-order valence-electron chi connectivity index (χ2n) is 10.5. The van der Waals surface area contributed by atoms with Crippen molar-refractivity contribution in [2.75, 3.05) is 58.4 Å². The molecule has 0 saturated carbocycles. The molecule has 3 aliphatic heterocycles. The Balaban J connectivity index is 1.34. The molecule has 1 aromatic carbocycles. The molecule has 3 amide bonds. The number of hydrogen-bond acceptors (Lipinski definition) is 9. The van der Waals surface area contributed by atoms with Gasteiger partial charge in [-0.25, -0.2) is 8.42 Å². The Morgan fingerprint density at radius 3 is 2.26 bits per heavy atom. The van der Waals surface area contributed by atoms with Crippen molar-refractivity contribution < 1.29 is 37.1 Å². The van der Waals surface area contributed by atoms with Crippen LogP contribution in [0.5, 0.6) is 0 Å². The topological polar surface area (TPSA) is 143 Å². The minimum atomic E-state index is -3.81. The van der Waals surface area contributed by atoms with E-state index in [2.05, 4.69) is 5.32 Å². The van der Waals surface area contributed by atoms with Gasteiger partial charge in [0, 0.05) is 50.1 Å². The average Bonchev–Trinajstić information content (AvgIpc) is 3.37. The molecule has 2 aromatic rings. The Hall–Kier alpha value is -3.33. The van der Waals surface area contributed by atoms with Gasteiger partial charge in [-0.2, -0.15) is 4.31 Å². The molecule has 226 valence electrons. The number of nitrogens with one attached hydrogen (secondary N) is 1. The Bertz CT molecular complexity index is 1470. The molecule has 5 rings (SSSR count). The number of hydrogen-bond donors (Lipinski definition) is 1. The molecule has 12 nitrogen and oxygen atoms in total. The van der Waals surface area contributed by atoms with Gasteiger partial charge in [-0.15, -0.1) is 11.3 Å². The van der Waals surface area contributed by atoms with Crippen LogP contribution in [0.3, 0.4) is 0 Å². The molecular formula is C28H34N4O8S2. The van der Waals surface area contributed by atoms with Crippen LogP contribution >= 0.6 is 11.3 Å². The van der Waals surface area contributed by atoms with E-state index in [1.165, 1.54) is 53.9 Å². The molecule has 0 spiro atoms. The summed E-state index contributed by atoms with van der Waals surface area (Å²) in [5.74, 6) is -1.36. The average molecular weight is 619 g/mol. The van der Waals surface area contributed by atoms with Crippen molar-refractivity contribution in [1.29, 1.82) is 0 Å². The number of morpholine rings is 1. The summed E-state index contributed by atoms with van der Waals surface area (Å²) in [5.41, 5.74) is 1.53. The number of thiophene rings is 1. The number of benzene rings is 1. The van der Waals surface area contributed by atoms with Gasteiger partial charge in [-0.1, -0.05) is 0 Å². The highest BCUT2D eigenvalue weighted by molar-refractivity contribution is 7.89. The molecule has 3 aliphatic rings. The molecule has 14 heteroatoms. The summed E-state index contributed by atoms with van der Waals surface area (Å²) in [6.07, 6.45) is 1.27. The first kappa shape index (κ1) is 30.1. The predicted molar refractivity (Wildman–Crippen MR) is 154 cm³/mol. The number of carbonyl (C=O) groups excluding carboxylic acids is 4. The number of nitrogens with zero attached hydrogens (tertiary/aromatic N) is 3. The fraction of sp³-hybridized carbons (Fsp3) is 0.500. The summed E-state index contributed by atoms with van der Waals surface area (Å²) in [4.78, 5) is 55.1. The molecule has 42 heavy (non-hydrogen) atoms. The zero-order valence-corrected chi connectivity index (χ0v) is 25.2. The first-order chi connectivity index (χ1) is 20.1. The first-order valence-electron chi connectivity index (χ1n) is 13.9. The van der Waals surface area contributed by atoms with Crippen molar-refractivity contribution in [3.05, 3.63) is 45.8 Å². The monoisotopic (exact) mass is 618 g/mol. The summed E-state index contributed by atoms with van der Waals surface area (Å²) in [5, 5.41) is 3.30. The van der Waals surface area contributed by atoms with Crippen LogP contribution in [0, 0.1) is 5.92 Å². The SMILES string of the molecule is COC(=O)C1CCN(S(=O)(=O)c2ccc(C(=O)Nc3sc4c(c3C(=O)N3CCOCC3)CCN(C(C)=O)C4)cc2)CC1. The summed E-state index contributed by atoms with van der Waals surface area (Å²) in [6, 6.07) is 5.66. The van der Waals surface area contributed by atoms with Crippen LogP contribution in [0.15, 0.2) is 29.2 Å². The maximum Gasteiger partial charge on any atom is 0.308 e. The molecule has 1 N–H and O–H groups in total. The molecule has 0 bridgehead atoms. The number of methoxy groups -OCH3 is 1. The van der Waals surface area contributed by atoms with E-state index in [-0.39, 0.29) is 47.3 Å². The molecule has 2 saturated heterocycles. The van der Waals surface area contributed by atoms with Gasteiger partial charge in [0.2, 0.25) is 15.9 Å². The molecule has 0 atom stereocenters. The number of anilines is 1. The van der Waals surface area contributed by atoms with Gasteiger partial charge in [0.05, 0.1) is 43.2 Å². The summed E-state index contributed by atoms with van der Waals surface area (Å²) in [7, 11) is -2.48. The molecule has 1 aromatic heterocycles. The quantitative estimate of drug-likeness (QED) is 0.484. The van der Waals surface area contributed by atoms with Crippen molar-refractivity contribution in [3.63, 3.8) is 0 Å². The van der Waals surface area contributed by atoms with Crippen LogP contribution in [0.4, 0.5) is 5.00 Å². The van der Waals surface area contributed by atoms with Crippen LogP contribution in [0.1, 0.15) is 50.9 Å². The normalized spacial score (nSPS) is 18.3. The fourth-order valence-corrected chi connectivity index (χ4v) is 8.23. The Kier molecular flexibility index (Phi) is 8.97. The lowest BCUT2D eigenvalue weighted by molar-refractivity contribution is -0.146. The van der Waals surface area contributed by atoms with E-state index in [1.807, 2.05) is 0 Å². The summed E-state index contributed by atoms with van der Waals surface area (Å²) in [6.45, 7) is 4.56. The summed E-state index contributed by atoms with van der Waals surface area (Å²) < 4.78 is 37.9. The summed E-state index contributed by atoms with van der Waals surface area (Å²) >= 11 is 1.29. The Labute approximate surface area is 248 Å². The molecule has 0 unspecified atom stereocenters. The van der Waals surface area contributed by atoms with Crippen molar-refractivity contribution in [3.8, 4) is 0 Å². The second kappa shape index (κ2) is 12.5. The highest BCUT2D eigenvalue weighted by Crippen LogP contribution is 2.38. The van der Waals surface area contributed by atoms with Crippen molar-refractivity contribution in [2.45, 2.75) is 37.6 Å². The van der Waals surface area contributed by atoms with Gasteiger partial charge in [0.15, 0.2) is 0 Å². The minimum absolute atomic E-state index is 0.0506. The molecule has 0 aliphatic carbocycles. The van der Waals surface area contributed by atoms with E-state index in [9.17, 15) is 27.6 Å². The van der Waals surface area contributed by atoms with E-state index < -0.39 is 15.9 Å². The van der Waals surface area contributed by atoms with Crippen molar-refractivity contribution >= 4 is 50.1 Å². The van der Waals surface area contributed by atoms with E-state index in [0.717, 1.165) is 10.4 Å². The number of carbonyl (C=O) groups is 4. The van der Waals surface area contributed by atoms with Gasteiger partial charge in [0.25, 0.3) is 11.8 Å². The lowest BCUT2D eigenvalue weighted by Gasteiger charge is -2.29. The van der Waals surface area contributed by atoms with Crippen molar-refractivity contribution in [1.82, 2.24) is 14.1 Å². The van der Waals surface area contributed by atoms with Gasteiger partial charge in [-0.05, 0) is 49.1 Å². The number of sulfonamides is 1. The number of esters is 1. The lowest BCUT2D eigenvalue weighted by atomic mass is 9.99. The molecule has 2 fully saturated rings. The van der Waals surface area contributed by atoms with E-state index >= 15 is 0 Å². The maximum absolute atomic E-state index is 13.6. The zero-order chi connectivity index (χ0) is 30.0. The molecule has 4 heterocycles. The van der Waals surface area contributed by atoms with Crippen molar-refractivity contribution in [2.24, 2.45) is 5.92 Å². The number of piperidine rings is 1. The van der Waals surface area contributed by atoms with Crippen LogP contribution < -0.4 is 5.32 Å². The second-order valence-corrected chi connectivity index (χ2v) is 13.5. The fourth-order valence-electron chi connectivity index (χ4n) is 5.51. The van der Waals surface area contributed by atoms with Gasteiger partial charge in [0.1, 0.15) is 5.00 Å². The van der Waals surface area contributed by atoms with Gasteiger partial charge < -0.3 is 24.6 Å². The number of rotatable bonds is 6. The molecular weight excluding hydrogens is 584 g/mol. The Morgan fingerprint density at radius 1 is 0.976 bits per heavy atom. The number of ether oxygens (including phenoxy) is 2. The molecule has 0 radical (unpaired) electrons. The van der Waals surface area contributed by atoms with E-state index in [0.29, 0.717) is 69.2 Å². The van der Waals surface area contributed by atoms with Gasteiger partial charge in [-0.3, -0.25) is 19.2 Å². The van der Waals surface area contributed by atoms with E-state index in [4.69, 9.17) is 9.47 Å². The highest BCUT2D eigenvalue weighted by atomic mass is 32.2. The zero-order valence-electron chi connectivity index (χ0n) is 23.6. The maximum atomic E-state index is 13.6. The van der Waals surface area contributed by atoms with E-state index in [1.54, 1.807) is 9.80 Å². The third-order valence-electron chi connectivity index (χ3n) is 7.98. The third kappa shape index (κ3) is 6.07. The largest absolute Gasteiger partial charge is 0.469 e. The van der Waals surface area contributed by atoms with Crippen LogP contribution in [0.2, 0.25) is 0 Å². The predicted octanol–water partition coefficient (Wildman–Crippen LogP) is 1.95. The number of amides is 3. The first-order valence-corrected chi connectivity index (χ1v) is 16.1. The van der Waals surface area contributed by atoms with Crippen LogP contribution in [-0.2, 0) is 42.1 Å². The van der Waals surface area contributed by atoms with Crippen LogP contribution in [-0.4, -0.2) is 99.3 Å². The highest BCUT2D eigenvalue weighted by Gasteiger charge is 2.34. The minimum Gasteiger partial charge on any atom is -0.469 e. The smallest absolute Gasteiger partial charge is 0.308 e. The van der Waals surface area contributed by atoms with Crippen LogP contribution in [0.25, 0.3) is 0 Å². The number of fused-ring (bicyclic) bond motifs is 1. The Morgan fingerprint density at radius 2 is 1.64 bits per heavy atom. The standard InChI is InChI=1S/C28H34N4O8S2/c1-18(33)31-10-9-22-23(17-31)41-26(24(22)27(35)30-13-15-40-16-14-30)29-25(34)19-3-5-21(6-4-19)42(37,38)32-11-7-20(8-12-32)28(36)39-2/h3-6,20H,7-17H2,1-2H3,(H,29,34). The van der Waals surface area contributed by atoms with Gasteiger partial charge >= 0.3 is 5.97 Å². The third-order valence-corrected chi connectivity index (χ3v) is 11.0. The lowest BCUT2D eigenvalue weighted by Crippen LogP contribution is -2.41.